The highest BCUT2D eigenvalue weighted by atomic mass is 35.5. The highest BCUT2D eigenvalue weighted by molar-refractivity contribution is 6.30. The maximum atomic E-state index is 10.6. The number of rotatable bonds is 6. The summed E-state index contributed by atoms with van der Waals surface area (Å²) in [7, 11) is 0. The minimum atomic E-state index is -5.08. The van der Waals surface area contributed by atoms with Gasteiger partial charge in [0.25, 0.3) is 0 Å². The number of hydrogen-bond acceptors (Lipinski definition) is 2. The molecule has 4 aromatic rings. The van der Waals surface area contributed by atoms with E-state index in [1.54, 1.807) is 0 Å². The van der Waals surface area contributed by atoms with Gasteiger partial charge in [0, 0.05) is 35.6 Å². The first kappa shape index (κ1) is 28.5. The molecular weight excluding hydrogens is 525 g/mol. The molecule has 0 radical (unpaired) electrons. The first-order chi connectivity index (χ1) is 18.7. The predicted octanol–water partition coefficient (Wildman–Crippen LogP) is 7.81. The summed E-state index contributed by atoms with van der Waals surface area (Å²) >= 11 is 6.17. The van der Waals surface area contributed by atoms with Crippen LogP contribution in [0.2, 0.25) is 5.02 Å². The van der Waals surface area contributed by atoms with E-state index in [-0.39, 0.29) is 0 Å². The van der Waals surface area contributed by atoms with Gasteiger partial charge in [-0.25, -0.2) is 4.79 Å². The van der Waals surface area contributed by atoms with Crippen LogP contribution < -0.4 is 0 Å². The van der Waals surface area contributed by atoms with Crippen LogP contribution in [-0.2, 0) is 11.3 Å². The number of carboxylic acid groups (broad SMARTS) is 1. The minimum absolute atomic E-state index is 0.427. The van der Waals surface area contributed by atoms with Gasteiger partial charge in [-0.05, 0) is 84.9 Å². The summed E-state index contributed by atoms with van der Waals surface area (Å²) in [6.07, 6.45) is 1.51. The molecule has 1 unspecified atom stereocenters. The van der Waals surface area contributed by atoms with Crippen LogP contribution in [0.1, 0.15) is 35.4 Å². The van der Waals surface area contributed by atoms with Crippen LogP contribution in [0.25, 0.3) is 5.69 Å². The number of carboxylic acids is 1. The monoisotopic (exact) mass is 554 g/mol. The van der Waals surface area contributed by atoms with E-state index in [4.69, 9.17) is 21.5 Å². The maximum Gasteiger partial charge on any atom is 0.490 e. The summed E-state index contributed by atoms with van der Waals surface area (Å²) < 4.78 is 33.9. The van der Waals surface area contributed by atoms with Crippen LogP contribution >= 0.6 is 11.6 Å². The number of hydrogen-bond donors (Lipinski definition) is 1. The summed E-state index contributed by atoms with van der Waals surface area (Å²) in [5, 5.41) is 7.93. The van der Waals surface area contributed by atoms with Crippen molar-refractivity contribution in [3.05, 3.63) is 125 Å². The van der Waals surface area contributed by atoms with Crippen LogP contribution in [0.5, 0.6) is 0 Å². The van der Waals surface area contributed by atoms with Crippen LogP contribution in [0.3, 0.4) is 0 Å². The Morgan fingerprint density at radius 1 is 0.846 bits per heavy atom. The first-order valence-electron chi connectivity index (χ1n) is 12.8. The van der Waals surface area contributed by atoms with E-state index in [1.165, 1.54) is 35.2 Å². The molecule has 1 aromatic heterocycles. The van der Waals surface area contributed by atoms with Crippen LogP contribution in [0.15, 0.2) is 103 Å². The third kappa shape index (κ3) is 7.97. The quantitative estimate of drug-likeness (QED) is 0.264. The molecule has 4 nitrogen and oxygen atoms in total. The smallest absolute Gasteiger partial charge is 0.475 e. The summed E-state index contributed by atoms with van der Waals surface area (Å²) in [6.45, 7) is 3.30. The van der Waals surface area contributed by atoms with Gasteiger partial charge in [-0.1, -0.05) is 66.2 Å². The van der Waals surface area contributed by atoms with Gasteiger partial charge in [-0.3, -0.25) is 4.90 Å². The normalized spacial score (nSPS) is 15.3. The van der Waals surface area contributed by atoms with Gasteiger partial charge in [0.1, 0.15) is 0 Å². The number of halogens is 4. The zero-order valence-electron chi connectivity index (χ0n) is 21.3. The van der Waals surface area contributed by atoms with Crippen molar-refractivity contribution in [3.8, 4) is 5.69 Å². The molecule has 2 heterocycles. The fourth-order valence-corrected chi connectivity index (χ4v) is 5.18. The van der Waals surface area contributed by atoms with Gasteiger partial charge in [0.2, 0.25) is 0 Å². The molecule has 1 saturated heterocycles. The van der Waals surface area contributed by atoms with Crippen LogP contribution in [-0.4, -0.2) is 39.8 Å². The number of carbonyl (C=O) groups is 1. The Balaban J connectivity index is 0.000000448. The zero-order valence-corrected chi connectivity index (χ0v) is 22.0. The van der Waals surface area contributed by atoms with E-state index in [0.29, 0.717) is 11.8 Å². The van der Waals surface area contributed by atoms with Crippen molar-refractivity contribution >= 4 is 17.6 Å². The van der Waals surface area contributed by atoms with E-state index in [0.717, 1.165) is 24.7 Å². The van der Waals surface area contributed by atoms with E-state index in [2.05, 4.69) is 101 Å². The lowest BCUT2D eigenvalue weighted by molar-refractivity contribution is -0.192. The minimum Gasteiger partial charge on any atom is -0.475 e. The summed E-state index contributed by atoms with van der Waals surface area (Å²) in [5.74, 6) is -1.69. The van der Waals surface area contributed by atoms with E-state index in [1.807, 2.05) is 12.1 Å². The van der Waals surface area contributed by atoms with Crippen molar-refractivity contribution in [1.82, 2.24) is 9.47 Å². The van der Waals surface area contributed by atoms with Crippen molar-refractivity contribution in [1.29, 1.82) is 0 Å². The molecule has 1 aliphatic heterocycles. The van der Waals surface area contributed by atoms with E-state index in [9.17, 15) is 13.2 Å². The molecule has 1 N–H and O–H groups in total. The number of piperidine rings is 1. The Morgan fingerprint density at radius 3 is 1.92 bits per heavy atom. The lowest BCUT2D eigenvalue weighted by atomic mass is 9.76. The van der Waals surface area contributed by atoms with Gasteiger partial charge in [-0.15, -0.1) is 0 Å². The topological polar surface area (TPSA) is 45.5 Å². The SMILES string of the molecule is Clc1ccc(C(c2ccccc2)C2CCN(Cc3ccc(-n4cccc4)cc3)CC2)cc1.O=C(O)C(F)(F)F. The molecule has 8 heteroatoms. The molecule has 204 valence electrons. The van der Waals surface area contributed by atoms with Crippen molar-refractivity contribution in [3.63, 3.8) is 0 Å². The van der Waals surface area contributed by atoms with Crippen LogP contribution in [0.4, 0.5) is 13.2 Å². The highest BCUT2D eigenvalue weighted by Crippen LogP contribution is 2.38. The number of likely N-dealkylation sites (tertiary alicyclic amines) is 1. The fourth-order valence-electron chi connectivity index (χ4n) is 5.05. The van der Waals surface area contributed by atoms with E-state index < -0.39 is 12.1 Å². The second-order valence-electron chi connectivity index (χ2n) is 9.61. The van der Waals surface area contributed by atoms with Crippen molar-refractivity contribution in [2.24, 2.45) is 5.92 Å². The second-order valence-corrected chi connectivity index (χ2v) is 10.0. The zero-order chi connectivity index (χ0) is 27.8. The van der Waals surface area contributed by atoms with E-state index >= 15 is 0 Å². The summed E-state index contributed by atoms with van der Waals surface area (Å²) in [5.41, 5.74) is 5.39. The van der Waals surface area contributed by atoms with Crippen LogP contribution in [0, 0.1) is 5.92 Å². The van der Waals surface area contributed by atoms with Gasteiger partial charge in [-0.2, -0.15) is 13.2 Å². The highest BCUT2D eigenvalue weighted by Gasteiger charge is 2.38. The number of aliphatic carboxylic acids is 1. The molecule has 1 atom stereocenters. The lowest BCUT2D eigenvalue weighted by Crippen LogP contribution is -2.35. The van der Waals surface area contributed by atoms with Crippen molar-refractivity contribution in [2.45, 2.75) is 31.5 Å². The van der Waals surface area contributed by atoms with Crippen molar-refractivity contribution < 1.29 is 23.1 Å². The molecule has 39 heavy (non-hydrogen) atoms. The van der Waals surface area contributed by atoms with Gasteiger partial charge >= 0.3 is 12.1 Å². The number of alkyl halides is 3. The summed E-state index contributed by atoms with van der Waals surface area (Å²) in [4.78, 5) is 11.5. The largest absolute Gasteiger partial charge is 0.490 e. The molecule has 5 rings (SSSR count). The third-order valence-corrected chi connectivity index (χ3v) is 7.23. The van der Waals surface area contributed by atoms with Gasteiger partial charge in [0.15, 0.2) is 0 Å². The standard InChI is InChI=1S/C29H29ClN2.C2HF3O2/c30-27-12-10-25(11-13-27)29(24-6-2-1-3-7-24)26-16-20-31(21-17-26)22-23-8-14-28(15-9-23)32-18-4-5-19-32;3-2(4,5)1(6)7/h1-15,18-19,26,29H,16-17,20-22H2;(H,6,7). The Morgan fingerprint density at radius 2 is 1.38 bits per heavy atom. The molecule has 1 fully saturated rings. The molecule has 1 aliphatic rings. The van der Waals surface area contributed by atoms with Crippen molar-refractivity contribution in [2.75, 3.05) is 13.1 Å². The Hall–Kier alpha value is -3.55. The van der Waals surface area contributed by atoms with Gasteiger partial charge in [0.05, 0.1) is 0 Å². The lowest BCUT2D eigenvalue weighted by Gasteiger charge is -2.36. The molecule has 0 bridgehead atoms. The molecule has 0 saturated carbocycles. The Bertz CT molecular complexity index is 1300. The number of aromatic nitrogens is 1. The molecule has 0 aliphatic carbocycles. The predicted molar refractivity (Wildman–Crippen MR) is 147 cm³/mol. The first-order valence-corrected chi connectivity index (χ1v) is 13.1. The summed E-state index contributed by atoms with van der Waals surface area (Å²) in [6, 6.07) is 32.5. The average molecular weight is 555 g/mol. The molecular formula is C31H30ClF3N2O2. The fraction of sp³-hybridized carbons (Fsp3) is 0.258. The average Bonchev–Trinajstić information content (AvgIpc) is 3.47. The number of nitrogens with zero attached hydrogens (tertiary/aromatic N) is 2. The molecule has 0 amide bonds. The molecule has 0 spiro atoms. The maximum absolute atomic E-state index is 10.6. The molecule has 3 aromatic carbocycles. The Kier molecular flexibility index (Phi) is 9.49. The number of benzene rings is 3. The third-order valence-electron chi connectivity index (χ3n) is 6.98. The van der Waals surface area contributed by atoms with Gasteiger partial charge < -0.3 is 9.67 Å². The second kappa shape index (κ2) is 13.0. The Labute approximate surface area is 231 Å².